The summed E-state index contributed by atoms with van der Waals surface area (Å²) < 4.78 is 28.5. The fourth-order valence-corrected chi connectivity index (χ4v) is 1.79. The summed E-state index contributed by atoms with van der Waals surface area (Å²) in [6.45, 7) is 0.0418. The Morgan fingerprint density at radius 3 is 2.70 bits per heavy atom. The van der Waals surface area contributed by atoms with Gasteiger partial charge in [0.15, 0.2) is 6.79 Å². The van der Waals surface area contributed by atoms with Gasteiger partial charge in [-0.15, -0.1) is 0 Å². The number of carbonyl (C=O) groups excluding carboxylic acids is 1. The SMILES string of the molecule is COCOc1ccc2ccc(F)c(CC(=O)OC)c2n1. The zero-order valence-corrected chi connectivity index (χ0v) is 11.2. The summed E-state index contributed by atoms with van der Waals surface area (Å²) in [4.78, 5) is 15.6. The number of carbonyl (C=O) groups is 1. The maximum Gasteiger partial charge on any atom is 0.310 e. The van der Waals surface area contributed by atoms with Gasteiger partial charge in [-0.05, 0) is 18.2 Å². The third-order valence-corrected chi connectivity index (χ3v) is 2.76. The molecule has 1 aromatic heterocycles. The van der Waals surface area contributed by atoms with Crippen LogP contribution in [-0.4, -0.2) is 32.0 Å². The van der Waals surface area contributed by atoms with Crippen molar-refractivity contribution in [3.8, 4) is 5.88 Å². The average molecular weight is 279 g/mol. The van der Waals surface area contributed by atoms with E-state index in [2.05, 4.69) is 9.72 Å². The number of methoxy groups -OCH3 is 2. The summed E-state index contributed by atoms with van der Waals surface area (Å²) in [5, 5.41) is 0.718. The lowest BCUT2D eigenvalue weighted by Crippen LogP contribution is -2.08. The minimum absolute atomic E-state index is 0.0418. The Hall–Kier alpha value is -2.21. The summed E-state index contributed by atoms with van der Waals surface area (Å²) >= 11 is 0. The van der Waals surface area contributed by atoms with Crippen LogP contribution in [0, 0.1) is 5.82 Å². The van der Waals surface area contributed by atoms with Crippen molar-refractivity contribution in [1.29, 1.82) is 0 Å². The minimum atomic E-state index is -0.526. The number of aromatic nitrogens is 1. The molecule has 0 unspecified atom stereocenters. The lowest BCUT2D eigenvalue weighted by atomic mass is 10.1. The van der Waals surface area contributed by atoms with E-state index in [4.69, 9.17) is 9.47 Å². The molecule has 0 fully saturated rings. The van der Waals surface area contributed by atoms with Crippen molar-refractivity contribution in [3.05, 3.63) is 35.6 Å². The average Bonchev–Trinajstić information content (AvgIpc) is 2.47. The number of halogens is 1. The van der Waals surface area contributed by atoms with E-state index < -0.39 is 11.8 Å². The Morgan fingerprint density at radius 2 is 2.00 bits per heavy atom. The second-order valence-corrected chi connectivity index (χ2v) is 4.05. The molecule has 0 radical (unpaired) electrons. The molecule has 2 rings (SSSR count). The van der Waals surface area contributed by atoms with Crippen LogP contribution in [0.2, 0.25) is 0 Å². The van der Waals surface area contributed by atoms with Gasteiger partial charge >= 0.3 is 5.97 Å². The van der Waals surface area contributed by atoms with Gasteiger partial charge in [0.25, 0.3) is 0 Å². The molecule has 20 heavy (non-hydrogen) atoms. The zero-order chi connectivity index (χ0) is 14.5. The van der Waals surface area contributed by atoms with Crippen LogP contribution >= 0.6 is 0 Å². The first-order valence-corrected chi connectivity index (χ1v) is 5.92. The van der Waals surface area contributed by atoms with Gasteiger partial charge in [0.1, 0.15) is 5.82 Å². The van der Waals surface area contributed by atoms with Gasteiger partial charge in [-0.2, -0.15) is 0 Å². The van der Waals surface area contributed by atoms with Crippen molar-refractivity contribution in [3.63, 3.8) is 0 Å². The standard InChI is InChI=1S/C14H14FNO4/c1-18-8-20-12-6-4-9-3-5-11(15)10(14(9)16-12)7-13(17)19-2/h3-6H,7-8H2,1-2H3. The summed E-state index contributed by atoms with van der Waals surface area (Å²) in [5.74, 6) is -0.725. The van der Waals surface area contributed by atoms with Crippen molar-refractivity contribution in [2.45, 2.75) is 6.42 Å². The quantitative estimate of drug-likeness (QED) is 0.619. The Kier molecular flexibility index (Phi) is 4.47. The second-order valence-electron chi connectivity index (χ2n) is 4.05. The molecule has 2 aromatic rings. The highest BCUT2D eigenvalue weighted by Gasteiger charge is 2.14. The van der Waals surface area contributed by atoms with E-state index in [9.17, 15) is 9.18 Å². The van der Waals surface area contributed by atoms with Crippen molar-refractivity contribution in [2.75, 3.05) is 21.0 Å². The van der Waals surface area contributed by atoms with E-state index in [0.717, 1.165) is 5.39 Å². The fourth-order valence-electron chi connectivity index (χ4n) is 1.79. The summed E-state index contributed by atoms with van der Waals surface area (Å²) in [6.07, 6.45) is -0.180. The van der Waals surface area contributed by atoms with Crippen LogP contribution in [0.3, 0.4) is 0 Å². The van der Waals surface area contributed by atoms with Crippen molar-refractivity contribution in [1.82, 2.24) is 4.98 Å². The Bertz CT molecular complexity index is 630. The van der Waals surface area contributed by atoms with E-state index in [1.807, 2.05) is 0 Å². The highest BCUT2D eigenvalue weighted by atomic mass is 19.1. The molecule has 0 bridgehead atoms. The van der Waals surface area contributed by atoms with Gasteiger partial charge in [0.05, 0.1) is 19.0 Å². The number of hydrogen-bond acceptors (Lipinski definition) is 5. The number of ether oxygens (including phenoxy) is 3. The molecule has 0 aliphatic heterocycles. The largest absolute Gasteiger partial charge is 0.469 e. The van der Waals surface area contributed by atoms with Crippen LogP contribution in [0.5, 0.6) is 5.88 Å². The molecule has 106 valence electrons. The predicted octanol–water partition coefficient (Wildman–Crippen LogP) is 2.07. The molecule has 0 N–H and O–H groups in total. The first-order chi connectivity index (χ1) is 9.65. The molecular weight excluding hydrogens is 265 g/mol. The molecule has 0 amide bonds. The van der Waals surface area contributed by atoms with Crippen LogP contribution < -0.4 is 4.74 Å². The van der Waals surface area contributed by atoms with Crippen LogP contribution in [0.15, 0.2) is 24.3 Å². The molecule has 0 aliphatic carbocycles. The summed E-state index contributed by atoms with van der Waals surface area (Å²) in [5.41, 5.74) is 0.571. The smallest absolute Gasteiger partial charge is 0.310 e. The van der Waals surface area contributed by atoms with Crippen LogP contribution in [0.25, 0.3) is 10.9 Å². The second kappa shape index (κ2) is 6.29. The van der Waals surface area contributed by atoms with Crippen LogP contribution in [0.1, 0.15) is 5.56 Å². The molecule has 0 saturated carbocycles. The molecule has 0 atom stereocenters. The third-order valence-electron chi connectivity index (χ3n) is 2.76. The molecule has 0 spiro atoms. The van der Waals surface area contributed by atoms with Crippen molar-refractivity contribution < 1.29 is 23.4 Å². The van der Waals surface area contributed by atoms with Gasteiger partial charge < -0.3 is 14.2 Å². The molecule has 5 nitrogen and oxygen atoms in total. The minimum Gasteiger partial charge on any atom is -0.469 e. The molecular formula is C14H14FNO4. The van der Waals surface area contributed by atoms with Gasteiger partial charge in [0.2, 0.25) is 5.88 Å². The number of esters is 1. The van der Waals surface area contributed by atoms with Gasteiger partial charge in [-0.25, -0.2) is 9.37 Å². The first-order valence-electron chi connectivity index (χ1n) is 5.92. The highest BCUT2D eigenvalue weighted by molar-refractivity contribution is 5.86. The van der Waals surface area contributed by atoms with Gasteiger partial charge in [-0.3, -0.25) is 4.79 Å². The number of nitrogens with zero attached hydrogens (tertiary/aromatic N) is 1. The monoisotopic (exact) mass is 279 g/mol. The lowest BCUT2D eigenvalue weighted by Gasteiger charge is -2.09. The van der Waals surface area contributed by atoms with E-state index in [1.165, 1.54) is 20.3 Å². The van der Waals surface area contributed by atoms with Gasteiger partial charge in [0, 0.05) is 24.1 Å². The van der Waals surface area contributed by atoms with E-state index in [-0.39, 0.29) is 18.8 Å². The predicted molar refractivity (Wildman–Crippen MR) is 69.9 cm³/mol. The van der Waals surface area contributed by atoms with E-state index in [1.54, 1.807) is 18.2 Å². The Balaban J connectivity index is 2.46. The Morgan fingerprint density at radius 1 is 1.25 bits per heavy atom. The van der Waals surface area contributed by atoms with E-state index >= 15 is 0 Å². The normalized spacial score (nSPS) is 10.6. The summed E-state index contributed by atoms with van der Waals surface area (Å²) in [6, 6.07) is 6.30. The molecule has 1 heterocycles. The highest BCUT2D eigenvalue weighted by Crippen LogP contribution is 2.23. The van der Waals surface area contributed by atoms with Crippen molar-refractivity contribution >= 4 is 16.9 Å². The zero-order valence-electron chi connectivity index (χ0n) is 11.2. The van der Waals surface area contributed by atoms with E-state index in [0.29, 0.717) is 11.4 Å². The number of fused-ring (bicyclic) bond motifs is 1. The third kappa shape index (κ3) is 3.03. The molecule has 1 aromatic carbocycles. The maximum atomic E-state index is 13.9. The summed E-state index contributed by atoms with van der Waals surface area (Å²) in [7, 11) is 2.75. The fraction of sp³-hybridized carbons (Fsp3) is 0.286. The number of rotatable bonds is 5. The van der Waals surface area contributed by atoms with Crippen LogP contribution in [0.4, 0.5) is 4.39 Å². The Labute approximate surface area is 115 Å². The first kappa shape index (κ1) is 14.2. The van der Waals surface area contributed by atoms with Gasteiger partial charge in [-0.1, -0.05) is 0 Å². The molecule has 0 saturated heterocycles. The molecule has 6 heteroatoms. The number of pyridine rings is 1. The topological polar surface area (TPSA) is 57.7 Å². The number of hydrogen-bond donors (Lipinski definition) is 0. The van der Waals surface area contributed by atoms with Crippen LogP contribution in [-0.2, 0) is 20.7 Å². The maximum absolute atomic E-state index is 13.9. The molecule has 0 aliphatic rings. The lowest BCUT2D eigenvalue weighted by molar-refractivity contribution is -0.139. The number of benzene rings is 1. The van der Waals surface area contributed by atoms with Crippen molar-refractivity contribution in [2.24, 2.45) is 0 Å².